The SMILES string of the molecule is CC1(CNc2nc3c(cc2C(=O)O)CCC3)CCCO1. The molecule has 0 amide bonds. The molecule has 1 aromatic heterocycles. The first kappa shape index (κ1) is 13.4. The molecule has 1 saturated heterocycles. The fourth-order valence-electron chi connectivity index (χ4n) is 3.02. The molecule has 0 saturated carbocycles. The van der Waals surface area contributed by atoms with Gasteiger partial charge in [-0.3, -0.25) is 0 Å². The highest BCUT2D eigenvalue weighted by Gasteiger charge is 2.30. The third-order valence-corrected chi connectivity index (χ3v) is 4.21. The average Bonchev–Trinajstić information content (AvgIpc) is 3.04. The predicted molar refractivity (Wildman–Crippen MR) is 75.3 cm³/mol. The molecule has 1 unspecified atom stereocenters. The quantitative estimate of drug-likeness (QED) is 0.882. The summed E-state index contributed by atoms with van der Waals surface area (Å²) in [7, 11) is 0. The van der Waals surface area contributed by atoms with E-state index < -0.39 is 5.97 Å². The molecule has 5 nitrogen and oxygen atoms in total. The molecule has 0 bridgehead atoms. The van der Waals surface area contributed by atoms with Crippen molar-refractivity contribution < 1.29 is 14.6 Å². The summed E-state index contributed by atoms with van der Waals surface area (Å²) < 4.78 is 5.72. The molecule has 1 aromatic rings. The van der Waals surface area contributed by atoms with Crippen LogP contribution in [0, 0.1) is 0 Å². The van der Waals surface area contributed by atoms with E-state index in [0.717, 1.165) is 50.0 Å². The number of carbonyl (C=O) groups is 1. The van der Waals surface area contributed by atoms with Gasteiger partial charge in [-0.05, 0) is 50.7 Å². The number of aryl methyl sites for hydroxylation is 2. The van der Waals surface area contributed by atoms with E-state index in [4.69, 9.17) is 4.74 Å². The first-order valence-electron chi connectivity index (χ1n) is 7.21. The predicted octanol–water partition coefficient (Wildman–Crippen LogP) is 2.25. The van der Waals surface area contributed by atoms with Crippen molar-refractivity contribution in [2.45, 2.75) is 44.6 Å². The number of hydrogen-bond acceptors (Lipinski definition) is 4. The molecule has 3 rings (SSSR count). The highest BCUT2D eigenvalue weighted by Crippen LogP contribution is 2.28. The van der Waals surface area contributed by atoms with Crippen molar-refractivity contribution in [1.29, 1.82) is 0 Å². The molecule has 0 aromatic carbocycles. The van der Waals surface area contributed by atoms with Gasteiger partial charge in [0.25, 0.3) is 0 Å². The number of nitrogens with zero attached hydrogens (tertiary/aromatic N) is 1. The molecule has 2 aliphatic rings. The summed E-state index contributed by atoms with van der Waals surface area (Å²) in [5.74, 6) is -0.443. The number of anilines is 1. The Labute approximate surface area is 118 Å². The summed E-state index contributed by atoms with van der Waals surface area (Å²) in [6.45, 7) is 3.43. The van der Waals surface area contributed by atoms with E-state index in [-0.39, 0.29) is 11.2 Å². The summed E-state index contributed by atoms with van der Waals surface area (Å²) in [6, 6.07) is 1.78. The zero-order valence-electron chi connectivity index (χ0n) is 11.7. The fraction of sp³-hybridized carbons (Fsp3) is 0.600. The van der Waals surface area contributed by atoms with Crippen LogP contribution in [0.2, 0.25) is 0 Å². The van der Waals surface area contributed by atoms with Gasteiger partial charge in [0.2, 0.25) is 0 Å². The summed E-state index contributed by atoms with van der Waals surface area (Å²) in [6.07, 6.45) is 4.99. The van der Waals surface area contributed by atoms with Crippen LogP contribution in [-0.2, 0) is 17.6 Å². The zero-order valence-corrected chi connectivity index (χ0v) is 11.7. The van der Waals surface area contributed by atoms with Crippen LogP contribution in [0.1, 0.15) is 47.8 Å². The molecule has 0 spiro atoms. The van der Waals surface area contributed by atoms with E-state index in [1.807, 2.05) is 0 Å². The zero-order chi connectivity index (χ0) is 14.2. The van der Waals surface area contributed by atoms with Crippen molar-refractivity contribution in [3.8, 4) is 0 Å². The number of pyridine rings is 1. The van der Waals surface area contributed by atoms with Gasteiger partial charge in [0.05, 0.1) is 5.60 Å². The molecular weight excluding hydrogens is 256 g/mol. The normalized spacial score (nSPS) is 24.6. The molecule has 1 atom stereocenters. The van der Waals surface area contributed by atoms with Crippen molar-refractivity contribution >= 4 is 11.8 Å². The Morgan fingerprint density at radius 3 is 3.05 bits per heavy atom. The molecule has 1 fully saturated rings. The second kappa shape index (κ2) is 5.05. The van der Waals surface area contributed by atoms with Crippen molar-refractivity contribution in [3.63, 3.8) is 0 Å². The van der Waals surface area contributed by atoms with Crippen molar-refractivity contribution in [1.82, 2.24) is 4.98 Å². The molecule has 2 heterocycles. The van der Waals surface area contributed by atoms with E-state index >= 15 is 0 Å². The number of rotatable bonds is 4. The van der Waals surface area contributed by atoms with Crippen LogP contribution in [-0.4, -0.2) is 34.8 Å². The number of carboxylic acids is 1. The highest BCUT2D eigenvalue weighted by molar-refractivity contribution is 5.93. The van der Waals surface area contributed by atoms with Gasteiger partial charge in [-0.2, -0.15) is 0 Å². The molecule has 108 valence electrons. The Kier molecular flexibility index (Phi) is 3.38. The van der Waals surface area contributed by atoms with E-state index in [0.29, 0.717) is 12.4 Å². The minimum atomic E-state index is -0.924. The second-order valence-corrected chi connectivity index (χ2v) is 5.90. The van der Waals surface area contributed by atoms with Crippen LogP contribution in [0.4, 0.5) is 5.82 Å². The summed E-state index contributed by atoms with van der Waals surface area (Å²) in [5.41, 5.74) is 2.18. The van der Waals surface area contributed by atoms with Gasteiger partial charge >= 0.3 is 5.97 Å². The van der Waals surface area contributed by atoms with Gasteiger partial charge in [0.15, 0.2) is 0 Å². The average molecular weight is 276 g/mol. The van der Waals surface area contributed by atoms with Gasteiger partial charge in [-0.25, -0.2) is 9.78 Å². The first-order valence-corrected chi connectivity index (χ1v) is 7.21. The Bertz CT molecular complexity index is 536. The monoisotopic (exact) mass is 276 g/mol. The van der Waals surface area contributed by atoms with Crippen LogP contribution in [0.5, 0.6) is 0 Å². The van der Waals surface area contributed by atoms with Crippen molar-refractivity contribution in [3.05, 3.63) is 22.9 Å². The molecule has 20 heavy (non-hydrogen) atoms. The molecule has 5 heteroatoms. The smallest absolute Gasteiger partial charge is 0.339 e. The van der Waals surface area contributed by atoms with Crippen LogP contribution < -0.4 is 5.32 Å². The third-order valence-electron chi connectivity index (χ3n) is 4.21. The molecule has 1 aliphatic carbocycles. The first-order chi connectivity index (χ1) is 9.57. The number of fused-ring (bicyclic) bond motifs is 1. The number of aromatic carboxylic acids is 1. The number of aromatic nitrogens is 1. The minimum Gasteiger partial charge on any atom is -0.478 e. The number of nitrogens with one attached hydrogen (secondary N) is 1. The lowest BCUT2D eigenvalue weighted by molar-refractivity contribution is 0.0314. The lowest BCUT2D eigenvalue weighted by atomic mass is 10.0. The highest BCUT2D eigenvalue weighted by atomic mass is 16.5. The van der Waals surface area contributed by atoms with E-state index in [1.54, 1.807) is 6.07 Å². The van der Waals surface area contributed by atoms with Crippen LogP contribution in [0.25, 0.3) is 0 Å². The van der Waals surface area contributed by atoms with Gasteiger partial charge < -0.3 is 15.2 Å². The van der Waals surface area contributed by atoms with Crippen LogP contribution in [0.15, 0.2) is 6.07 Å². The maximum Gasteiger partial charge on any atom is 0.339 e. The Morgan fingerprint density at radius 1 is 1.50 bits per heavy atom. The van der Waals surface area contributed by atoms with Gasteiger partial charge in [-0.15, -0.1) is 0 Å². The van der Waals surface area contributed by atoms with E-state index in [9.17, 15) is 9.90 Å². The fourth-order valence-corrected chi connectivity index (χ4v) is 3.02. The van der Waals surface area contributed by atoms with Gasteiger partial charge in [0, 0.05) is 18.8 Å². The molecule has 0 radical (unpaired) electrons. The Balaban J connectivity index is 1.82. The second-order valence-electron chi connectivity index (χ2n) is 5.90. The standard InChI is InChI=1S/C15H20N2O3/c1-15(6-3-7-20-15)9-16-13-11(14(18)19)8-10-4-2-5-12(10)17-13/h8H,2-7,9H2,1H3,(H,16,17)(H,18,19). The Hall–Kier alpha value is -1.62. The Morgan fingerprint density at radius 2 is 2.35 bits per heavy atom. The van der Waals surface area contributed by atoms with Crippen molar-refractivity contribution in [2.24, 2.45) is 0 Å². The minimum absolute atomic E-state index is 0.212. The summed E-state index contributed by atoms with van der Waals surface area (Å²) in [4.78, 5) is 15.9. The summed E-state index contributed by atoms with van der Waals surface area (Å²) >= 11 is 0. The van der Waals surface area contributed by atoms with E-state index in [2.05, 4.69) is 17.2 Å². The van der Waals surface area contributed by atoms with E-state index in [1.165, 1.54) is 0 Å². The lowest BCUT2D eigenvalue weighted by Crippen LogP contribution is -2.33. The van der Waals surface area contributed by atoms with Gasteiger partial charge in [0.1, 0.15) is 11.4 Å². The third kappa shape index (κ3) is 2.50. The maximum atomic E-state index is 11.4. The summed E-state index contributed by atoms with van der Waals surface area (Å²) in [5, 5.41) is 12.5. The topological polar surface area (TPSA) is 71.5 Å². The van der Waals surface area contributed by atoms with Gasteiger partial charge in [-0.1, -0.05) is 0 Å². The number of ether oxygens (including phenoxy) is 1. The van der Waals surface area contributed by atoms with Crippen LogP contribution in [0.3, 0.4) is 0 Å². The van der Waals surface area contributed by atoms with Crippen molar-refractivity contribution in [2.75, 3.05) is 18.5 Å². The lowest BCUT2D eigenvalue weighted by Gasteiger charge is -2.24. The number of hydrogen-bond donors (Lipinski definition) is 2. The maximum absolute atomic E-state index is 11.4. The molecule has 2 N–H and O–H groups in total. The number of carboxylic acid groups (broad SMARTS) is 1. The molecule has 1 aliphatic heterocycles. The largest absolute Gasteiger partial charge is 0.478 e. The van der Waals surface area contributed by atoms with Crippen LogP contribution >= 0.6 is 0 Å². The molecular formula is C15H20N2O3.